The lowest BCUT2D eigenvalue weighted by molar-refractivity contribution is 0.415. The Kier molecular flexibility index (Phi) is 4.29. The Bertz CT molecular complexity index is 523. The van der Waals surface area contributed by atoms with Crippen LogP contribution in [-0.4, -0.2) is 21.2 Å². The monoisotopic (exact) mass is 256 g/mol. The summed E-state index contributed by atoms with van der Waals surface area (Å²) in [6.07, 6.45) is 0. The standard InChI is InChI=1S/C16H20N2O/c1-17-14-9-7-13(8-10-14)12-18(2)15-5-4-6-16(11-15)19-3/h4-11,17H,12H2,1-3H3. The Morgan fingerprint density at radius 3 is 2.47 bits per heavy atom. The van der Waals surface area contributed by atoms with Crippen LogP contribution in [-0.2, 0) is 6.54 Å². The number of benzene rings is 2. The molecule has 0 radical (unpaired) electrons. The molecule has 3 nitrogen and oxygen atoms in total. The van der Waals surface area contributed by atoms with Crippen LogP contribution in [0.4, 0.5) is 11.4 Å². The van der Waals surface area contributed by atoms with Crippen molar-refractivity contribution in [3.05, 3.63) is 54.1 Å². The van der Waals surface area contributed by atoms with Gasteiger partial charge in [0.15, 0.2) is 0 Å². The molecule has 0 amide bonds. The normalized spacial score (nSPS) is 10.1. The second kappa shape index (κ2) is 6.14. The Hall–Kier alpha value is -2.16. The fourth-order valence-corrected chi connectivity index (χ4v) is 1.99. The molecule has 1 N–H and O–H groups in total. The summed E-state index contributed by atoms with van der Waals surface area (Å²) >= 11 is 0. The Balaban J connectivity index is 2.08. The van der Waals surface area contributed by atoms with Gasteiger partial charge in [-0.1, -0.05) is 18.2 Å². The van der Waals surface area contributed by atoms with E-state index in [1.54, 1.807) is 7.11 Å². The van der Waals surface area contributed by atoms with Crippen LogP contribution in [0.5, 0.6) is 5.75 Å². The van der Waals surface area contributed by atoms with Crippen molar-refractivity contribution in [3.8, 4) is 5.75 Å². The van der Waals surface area contributed by atoms with Gasteiger partial charge in [0.2, 0.25) is 0 Å². The van der Waals surface area contributed by atoms with Crippen LogP contribution in [0.2, 0.25) is 0 Å². The van der Waals surface area contributed by atoms with E-state index in [-0.39, 0.29) is 0 Å². The zero-order valence-electron chi connectivity index (χ0n) is 11.7. The molecule has 0 unspecified atom stereocenters. The first-order chi connectivity index (χ1) is 9.22. The van der Waals surface area contributed by atoms with Gasteiger partial charge in [-0.2, -0.15) is 0 Å². The van der Waals surface area contributed by atoms with E-state index in [1.165, 1.54) is 5.56 Å². The van der Waals surface area contributed by atoms with E-state index in [2.05, 4.69) is 47.6 Å². The molecule has 0 aliphatic rings. The molecule has 2 aromatic rings. The van der Waals surface area contributed by atoms with Crippen molar-refractivity contribution in [1.29, 1.82) is 0 Å². The van der Waals surface area contributed by atoms with E-state index in [0.717, 1.165) is 23.7 Å². The van der Waals surface area contributed by atoms with Gasteiger partial charge in [0.05, 0.1) is 7.11 Å². The lowest BCUT2D eigenvalue weighted by Gasteiger charge is -2.20. The second-order valence-corrected chi connectivity index (χ2v) is 4.50. The molecule has 0 bridgehead atoms. The van der Waals surface area contributed by atoms with Gasteiger partial charge in [0.1, 0.15) is 5.75 Å². The number of anilines is 2. The van der Waals surface area contributed by atoms with Crippen molar-refractivity contribution in [3.63, 3.8) is 0 Å². The number of methoxy groups -OCH3 is 1. The van der Waals surface area contributed by atoms with Crippen LogP contribution >= 0.6 is 0 Å². The van der Waals surface area contributed by atoms with E-state index in [1.807, 2.05) is 25.2 Å². The minimum Gasteiger partial charge on any atom is -0.497 e. The highest BCUT2D eigenvalue weighted by molar-refractivity contribution is 5.51. The van der Waals surface area contributed by atoms with E-state index < -0.39 is 0 Å². The van der Waals surface area contributed by atoms with Crippen molar-refractivity contribution in [2.75, 3.05) is 31.4 Å². The molecule has 0 saturated carbocycles. The van der Waals surface area contributed by atoms with Gasteiger partial charge in [0, 0.05) is 38.1 Å². The molecule has 2 rings (SSSR count). The summed E-state index contributed by atoms with van der Waals surface area (Å²) in [4.78, 5) is 2.21. The highest BCUT2D eigenvalue weighted by atomic mass is 16.5. The first-order valence-electron chi connectivity index (χ1n) is 6.35. The molecule has 3 heteroatoms. The molecular formula is C16H20N2O. The molecule has 0 heterocycles. The van der Waals surface area contributed by atoms with Gasteiger partial charge >= 0.3 is 0 Å². The minimum atomic E-state index is 0.872. The molecule has 2 aromatic carbocycles. The lowest BCUT2D eigenvalue weighted by atomic mass is 10.2. The highest BCUT2D eigenvalue weighted by Crippen LogP contribution is 2.21. The maximum absolute atomic E-state index is 5.25. The predicted octanol–water partition coefficient (Wildman–Crippen LogP) is 3.37. The average Bonchev–Trinajstić information content (AvgIpc) is 2.48. The lowest BCUT2D eigenvalue weighted by Crippen LogP contribution is -2.16. The molecule has 0 spiro atoms. The summed E-state index contributed by atoms with van der Waals surface area (Å²) in [5.74, 6) is 0.884. The van der Waals surface area contributed by atoms with E-state index in [4.69, 9.17) is 4.74 Å². The molecule has 0 fully saturated rings. The van der Waals surface area contributed by atoms with Crippen LogP contribution in [0.1, 0.15) is 5.56 Å². The van der Waals surface area contributed by atoms with Crippen LogP contribution in [0.15, 0.2) is 48.5 Å². The minimum absolute atomic E-state index is 0.872. The first kappa shape index (κ1) is 13.3. The van der Waals surface area contributed by atoms with Gasteiger partial charge < -0.3 is 15.0 Å². The Labute approximate surface area is 114 Å². The van der Waals surface area contributed by atoms with Crippen molar-refractivity contribution in [2.24, 2.45) is 0 Å². The van der Waals surface area contributed by atoms with Crippen molar-refractivity contribution in [1.82, 2.24) is 0 Å². The SMILES string of the molecule is CNc1ccc(CN(C)c2cccc(OC)c2)cc1. The van der Waals surface area contributed by atoms with Crippen molar-refractivity contribution >= 4 is 11.4 Å². The van der Waals surface area contributed by atoms with Crippen LogP contribution < -0.4 is 15.0 Å². The van der Waals surface area contributed by atoms with Gasteiger partial charge in [-0.05, 0) is 29.8 Å². The van der Waals surface area contributed by atoms with E-state index >= 15 is 0 Å². The van der Waals surface area contributed by atoms with E-state index in [9.17, 15) is 0 Å². The number of nitrogens with zero attached hydrogens (tertiary/aromatic N) is 1. The zero-order chi connectivity index (χ0) is 13.7. The van der Waals surface area contributed by atoms with Gasteiger partial charge in [-0.15, -0.1) is 0 Å². The highest BCUT2D eigenvalue weighted by Gasteiger charge is 2.03. The summed E-state index contributed by atoms with van der Waals surface area (Å²) in [7, 11) is 5.70. The molecule has 0 aliphatic heterocycles. The summed E-state index contributed by atoms with van der Waals surface area (Å²) in [5.41, 5.74) is 3.56. The first-order valence-corrected chi connectivity index (χ1v) is 6.35. The van der Waals surface area contributed by atoms with Crippen LogP contribution in [0.3, 0.4) is 0 Å². The summed E-state index contributed by atoms with van der Waals surface area (Å²) in [5, 5.41) is 3.12. The fourth-order valence-electron chi connectivity index (χ4n) is 1.99. The number of ether oxygens (including phenoxy) is 1. The largest absolute Gasteiger partial charge is 0.497 e. The summed E-state index contributed by atoms with van der Waals surface area (Å²) in [6.45, 7) is 0.872. The van der Waals surface area contributed by atoms with E-state index in [0.29, 0.717) is 0 Å². The Morgan fingerprint density at radius 2 is 1.84 bits per heavy atom. The molecule has 0 atom stereocenters. The number of hydrogen-bond acceptors (Lipinski definition) is 3. The number of hydrogen-bond donors (Lipinski definition) is 1. The second-order valence-electron chi connectivity index (χ2n) is 4.50. The smallest absolute Gasteiger partial charge is 0.120 e. The van der Waals surface area contributed by atoms with Gasteiger partial charge in [0.25, 0.3) is 0 Å². The van der Waals surface area contributed by atoms with Crippen molar-refractivity contribution < 1.29 is 4.74 Å². The van der Waals surface area contributed by atoms with Crippen molar-refractivity contribution in [2.45, 2.75) is 6.54 Å². The molecule has 0 aliphatic carbocycles. The fraction of sp³-hybridized carbons (Fsp3) is 0.250. The summed E-state index contributed by atoms with van der Waals surface area (Å²) in [6, 6.07) is 16.6. The Morgan fingerprint density at radius 1 is 1.11 bits per heavy atom. The maximum atomic E-state index is 5.25. The third kappa shape index (κ3) is 3.41. The van der Waals surface area contributed by atoms with Gasteiger partial charge in [-0.3, -0.25) is 0 Å². The quantitative estimate of drug-likeness (QED) is 0.887. The predicted molar refractivity (Wildman–Crippen MR) is 81.1 cm³/mol. The average molecular weight is 256 g/mol. The number of nitrogens with one attached hydrogen (secondary N) is 1. The third-order valence-corrected chi connectivity index (χ3v) is 3.16. The van der Waals surface area contributed by atoms with Gasteiger partial charge in [-0.25, -0.2) is 0 Å². The molecule has 19 heavy (non-hydrogen) atoms. The molecule has 100 valence electrons. The maximum Gasteiger partial charge on any atom is 0.120 e. The molecule has 0 saturated heterocycles. The molecular weight excluding hydrogens is 236 g/mol. The summed E-state index contributed by atoms with van der Waals surface area (Å²) < 4.78 is 5.25. The van der Waals surface area contributed by atoms with Crippen LogP contribution in [0, 0.1) is 0 Å². The number of rotatable bonds is 5. The van der Waals surface area contributed by atoms with Crippen LogP contribution in [0.25, 0.3) is 0 Å². The topological polar surface area (TPSA) is 24.5 Å². The third-order valence-electron chi connectivity index (χ3n) is 3.16. The zero-order valence-corrected chi connectivity index (χ0v) is 11.7. The molecule has 0 aromatic heterocycles.